The maximum Gasteiger partial charge on any atom is 0.227 e. The molecule has 0 spiro atoms. The number of hydrogen-bond donors (Lipinski definition) is 0. The van der Waals surface area contributed by atoms with Crippen molar-refractivity contribution in [1.29, 1.82) is 0 Å². The number of pyridine rings is 1. The lowest BCUT2D eigenvalue weighted by Crippen LogP contribution is -2.49. The molecule has 0 aliphatic carbocycles. The van der Waals surface area contributed by atoms with Gasteiger partial charge in [0, 0.05) is 43.3 Å². The van der Waals surface area contributed by atoms with E-state index in [1.807, 2.05) is 26.0 Å². The maximum atomic E-state index is 13.3. The second-order valence-corrected chi connectivity index (χ2v) is 6.40. The highest BCUT2D eigenvalue weighted by atomic mass is 19.2. The standard InChI is InChI=1S/C19H21F2N3O/c1-13-9-16(10-14(2)22-13)23-5-7-24(8-6-23)19(25)12-15-3-4-17(20)18(21)11-15/h3-4,9-11H,5-8,12H2,1-2H3. The van der Waals surface area contributed by atoms with E-state index < -0.39 is 11.6 Å². The number of hydrogen-bond acceptors (Lipinski definition) is 3. The van der Waals surface area contributed by atoms with Gasteiger partial charge in [0.2, 0.25) is 5.91 Å². The third kappa shape index (κ3) is 4.13. The predicted molar refractivity (Wildman–Crippen MR) is 92.6 cm³/mol. The van der Waals surface area contributed by atoms with Crippen LogP contribution >= 0.6 is 0 Å². The first-order valence-corrected chi connectivity index (χ1v) is 8.34. The lowest BCUT2D eigenvalue weighted by atomic mass is 10.1. The SMILES string of the molecule is Cc1cc(N2CCN(C(=O)Cc3ccc(F)c(F)c3)CC2)cc(C)n1. The van der Waals surface area contributed by atoms with Crippen LogP contribution in [0.2, 0.25) is 0 Å². The molecule has 0 radical (unpaired) electrons. The molecule has 1 fully saturated rings. The Bertz CT molecular complexity index is 766. The summed E-state index contributed by atoms with van der Waals surface area (Å²) in [7, 11) is 0. The molecule has 1 aliphatic rings. The molecule has 25 heavy (non-hydrogen) atoms. The summed E-state index contributed by atoms with van der Waals surface area (Å²) in [5, 5.41) is 0. The van der Waals surface area contributed by atoms with Gasteiger partial charge >= 0.3 is 0 Å². The Kier molecular flexibility index (Phi) is 4.97. The van der Waals surface area contributed by atoms with Crippen LogP contribution in [0, 0.1) is 25.5 Å². The first kappa shape index (κ1) is 17.3. The van der Waals surface area contributed by atoms with E-state index >= 15 is 0 Å². The largest absolute Gasteiger partial charge is 0.368 e. The minimum atomic E-state index is -0.918. The average Bonchev–Trinajstić information content (AvgIpc) is 2.57. The minimum absolute atomic E-state index is 0.0623. The number of rotatable bonds is 3. The number of benzene rings is 1. The topological polar surface area (TPSA) is 36.4 Å². The molecule has 0 saturated carbocycles. The van der Waals surface area contributed by atoms with Crippen molar-refractivity contribution in [3.63, 3.8) is 0 Å². The van der Waals surface area contributed by atoms with Gasteiger partial charge in [-0.3, -0.25) is 9.78 Å². The molecule has 1 amide bonds. The number of aromatic nitrogens is 1. The van der Waals surface area contributed by atoms with Crippen LogP contribution in [-0.2, 0) is 11.2 Å². The van der Waals surface area contributed by atoms with Crippen molar-refractivity contribution >= 4 is 11.6 Å². The summed E-state index contributed by atoms with van der Waals surface area (Å²) in [4.78, 5) is 20.8. The first-order chi connectivity index (χ1) is 11.9. The Hall–Kier alpha value is -2.50. The fraction of sp³-hybridized carbons (Fsp3) is 0.368. The minimum Gasteiger partial charge on any atom is -0.368 e. The van der Waals surface area contributed by atoms with Gasteiger partial charge in [-0.1, -0.05) is 6.07 Å². The van der Waals surface area contributed by atoms with Gasteiger partial charge in [0.15, 0.2) is 11.6 Å². The number of carbonyl (C=O) groups excluding carboxylic acids is 1. The average molecular weight is 345 g/mol. The summed E-state index contributed by atoms with van der Waals surface area (Å²) in [6.45, 7) is 6.65. The monoisotopic (exact) mass is 345 g/mol. The second-order valence-electron chi connectivity index (χ2n) is 6.40. The van der Waals surface area contributed by atoms with Gasteiger partial charge in [-0.2, -0.15) is 0 Å². The summed E-state index contributed by atoms with van der Waals surface area (Å²) in [6, 6.07) is 7.70. The highest BCUT2D eigenvalue weighted by molar-refractivity contribution is 5.79. The molecule has 1 aromatic carbocycles. The number of nitrogens with zero attached hydrogens (tertiary/aromatic N) is 3. The van der Waals surface area contributed by atoms with E-state index in [-0.39, 0.29) is 12.3 Å². The van der Waals surface area contributed by atoms with Gasteiger partial charge in [-0.15, -0.1) is 0 Å². The number of piperazine rings is 1. The van der Waals surface area contributed by atoms with Crippen molar-refractivity contribution in [2.75, 3.05) is 31.1 Å². The number of aryl methyl sites for hydroxylation is 2. The Morgan fingerprint density at radius 3 is 2.24 bits per heavy atom. The second kappa shape index (κ2) is 7.17. The van der Waals surface area contributed by atoms with Gasteiger partial charge < -0.3 is 9.80 Å². The van der Waals surface area contributed by atoms with Crippen LogP contribution in [0.3, 0.4) is 0 Å². The summed E-state index contributed by atoms with van der Waals surface area (Å²) in [6.07, 6.45) is 0.0880. The zero-order valence-electron chi connectivity index (χ0n) is 14.4. The fourth-order valence-corrected chi connectivity index (χ4v) is 3.15. The highest BCUT2D eigenvalue weighted by Gasteiger charge is 2.22. The molecule has 0 unspecified atom stereocenters. The molecular weight excluding hydrogens is 324 g/mol. The molecule has 0 N–H and O–H groups in total. The van der Waals surface area contributed by atoms with Crippen LogP contribution in [0.1, 0.15) is 17.0 Å². The molecule has 3 rings (SSSR count). The van der Waals surface area contributed by atoms with Gasteiger partial charge in [-0.05, 0) is 43.7 Å². The Labute approximate surface area is 146 Å². The summed E-state index contributed by atoms with van der Waals surface area (Å²) in [5.74, 6) is -1.88. The van der Waals surface area contributed by atoms with Crippen LogP contribution in [0.4, 0.5) is 14.5 Å². The number of halogens is 2. The van der Waals surface area contributed by atoms with Gasteiger partial charge in [-0.25, -0.2) is 8.78 Å². The van der Waals surface area contributed by atoms with Crippen LogP contribution in [0.25, 0.3) is 0 Å². The Morgan fingerprint density at radius 1 is 1.00 bits per heavy atom. The number of anilines is 1. The van der Waals surface area contributed by atoms with E-state index in [1.165, 1.54) is 6.07 Å². The molecule has 1 aromatic heterocycles. The summed E-state index contributed by atoms with van der Waals surface area (Å²) < 4.78 is 26.2. The third-order valence-electron chi connectivity index (χ3n) is 4.40. The molecule has 4 nitrogen and oxygen atoms in total. The first-order valence-electron chi connectivity index (χ1n) is 8.34. The molecule has 0 bridgehead atoms. The van der Waals surface area contributed by atoms with Crippen molar-refractivity contribution in [3.8, 4) is 0 Å². The van der Waals surface area contributed by atoms with Crippen LogP contribution in [-0.4, -0.2) is 42.0 Å². The normalized spacial score (nSPS) is 14.7. The molecule has 0 atom stereocenters. The van der Waals surface area contributed by atoms with E-state index in [9.17, 15) is 13.6 Å². The zero-order chi connectivity index (χ0) is 18.0. The molecule has 132 valence electrons. The molecule has 2 aromatic rings. The third-order valence-corrected chi connectivity index (χ3v) is 4.40. The smallest absolute Gasteiger partial charge is 0.227 e. The molecule has 6 heteroatoms. The Balaban J connectivity index is 1.59. The van der Waals surface area contributed by atoms with Gasteiger partial charge in [0.1, 0.15) is 0 Å². The van der Waals surface area contributed by atoms with Crippen molar-refractivity contribution in [2.45, 2.75) is 20.3 Å². The zero-order valence-corrected chi connectivity index (χ0v) is 14.4. The van der Waals surface area contributed by atoms with E-state index in [1.54, 1.807) is 4.90 Å². The van der Waals surface area contributed by atoms with E-state index in [4.69, 9.17) is 0 Å². The van der Waals surface area contributed by atoms with E-state index in [0.29, 0.717) is 18.7 Å². The number of amides is 1. The van der Waals surface area contributed by atoms with Crippen LogP contribution in [0.5, 0.6) is 0 Å². The lowest BCUT2D eigenvalue weighted by molar-refractivity contribution is -0.130. The van der Waals surface area contributed by atoms with Crippen molar-refractivity contribution < 1.29 is 13.6 Å². The molecule has 1 aliphatic heterocycles. The van der Waals surface area contributed by atoms with Gasteiger partial charge in [0.05, 0.1) is 6.42 Å². The molecule has 1 saturated heterocycles. The summed E-state index contributed by atoms with van der Waals surface area (Å²) >= 11 is 0. The highest BCUT2D eigenvalue weighted by Crippen LogP contribution is 2.19. The van der Waals surface area contributed by atoms with Crippen molar-refractivity contribution in [3.05, 3.63) is 58.9 Å². The Morgan fingerprint density at radius 2 is 1.64 bits per heavy atom. The molecule has 2 heterocycles. The van der Waals surface area contributed by atoms with Crippen LogP contribution in [0.15, 0.2) is 30.3 Å². The molecular formula is C19H21F2N3O. The van der Waals surface area contributed by atoms with Crippen molar-refractivity contribution in [2.24, 2.45) is 0 Å². The predicted octanol–water partition coefficient (Wildman–Crippen LogP) is 2.87. The van der Waals surface area contributed by atoms with Gasteiger partial charge in [0.25, 0.3) is 0 Å². The maximum absolute atomic E-state index is 13.3. The quantitative estimate of drug-likeness (QED) is 0.858. The van der Waals surface area contributed by atoms with E-state index in [2.05, 4.69) is 9.88 Å². The number of carbonyl (C=O) groups is 1. The summed E-state index contributed by atoms with van der Waals surface area (Å²) in [5.41, 5.74) is 3.57. The van der Waals surface area contributed by atoms with Crippen LogP contribution < -0.4 is 4.90 Å². The fourth-order valence-electron chi connectivity index (χ4n) is 3.15. The van der Waals surface area contributed by atoms with E-state index in [0.717, 1.165) is 42.3 Å². The lowest BCUT2D eigenvalue weighted by Gasteiger charge is -2.36. The van der Waals surface area contributed by atoms with Crippen molar-refractivity contribution in [1.82, 2.24) is 9.88 Å².